The van der Waals surface area contributed by atoms with Gasteiger partial charge < -0.3 is 10.2 Å². The van der Waals surface area contributed by atoms with Crippen LogP contribution in [0.15, 0.2) is 24.3 Å². The van der Waals surface area contributed by atoms with Crippen molar-refractivity contribution < 1.29 is 14.4 Å². The van der Waals surface area contributed by atoms with Crippen LogP contribution < -0.4 is 10.6 Å². The number of carbonyl (C=O) groups excluding carboxylic acids is 3. The van der Waals surface area contributed by atoms with Crippen LogP contribution >= 0.6 is 11.3 Å². The predicted octanol–water partition coefficient (Wildman–Crippen LogP) is 3.50. The number of hydrogen-bond donors (Lipinski definition) is 2. The number of rotatable bonds is 8. The molecule has 1 aromatic heterocycles. The number of likely N-dealkylation sites (tertiary alicyclic amines) is 1. The predicted molar refractivity (Wildman–Crippen MR) is 117 cm³/mol. The Morgan fingerprint density at radius 3 is 2.57 bits per heavy atom. The smallest absolute Gasteiger partial charge is 0.257 e. The van der Waals surface area contributed by atoms with Crippen molar-refractivity contribution in [2.45, 2.75) is 46.0 Å². The van der Waals surface area contributed by atoms with Crippen LogP contribution in [0.1, 0.15) is 61.3 Å². The third-order valence-electron chi connectivity index (χ3n) is 4.94. The van der Waals surface area contributed by atoms with E-state index in [4.69, 9.17) is 0 Å². The van der Waals surface area contributed by atoms with E-state index < -0.39 is 0 Å². The second-order valence-electron chi connectivity index (χ2n) is 7.72. The lowest BCUT2D eigenvalue weighted by atomic mass is 10.1. The highest BCUT2D eigenvalue weighted by Gasteiger charge is 2.33. The standard InChI is InChI=1S/C21H27N5O3S/c1-4-5-10-26-12-15(11-17(26)27)19(29)22-16-8-6-14(7-9-16)18(28)23-21-25-24-20(30-21)13(2)3/h6-9,13,15H,4-5,10-12H2,1-3H3,(H,22,29)(H,23,25,28). The Morgan fingerprint density at radius 1 is 1.20 bits per heavy atom. The van der Waals surface area contributed by atoms with E-state index in [1.54, 1.807) is 29.2 Å². The molecule has 0 spiro atoms. The van der Waals surface area contributed by atoms with Gasteiger partial charge in [-0.05, 0) is 30.7 Å². The van der Waals surface area contributed by atoms with Crippen LogP contribution in [-0.2, 0) is 9.59 Å². The third kappa shape index (κ3) is 5.41. The second-order valence-corrected chi connectivity index (χ2v) is 8.72. The van der Waals surface area contributed by atoms with E-state index in [0.29, 0.717) is 29.5 Å². The largest absolute Gasteiger partial charge is 0.342 e. The van der Waals surface area contributed by atoms with Crippen molar-refractivity contribution in [3.8, 4) is 0 Å². The minimum absolute atomic E-state index is 0.0351. The van der Waals surface area contributed by atoms with E-state index in [1.807, 2.05) is 13.8 Å². The van der Waals surface area contributed by atoms with Gasteiger partial charge in [-0.15, -0.1) is 10.2 Å². The number of hydrogen-bond acceptors (Lipinski definition) is 6. The molecule has 0 saturated carbocycles. The lowest BCUT2D eigenvalue weighted by Crippen LogP contribution is -2.29. The fourth-order valence-corrected chi connectivity index (χ4v) is 3.89. The van der Waals surface area contributed by atoms with Gasteiger partial charge in [-0.1, -0.05) is 38.5 Å². The van der Waals surface area contributed by atoms with Gasteiger partial charge in [-0.3, -0.25) is 19.7 Å². The maximum absolute atomic E-state index is 12.5. The van der Waals surface area contributed by atoms with Gasteiger partial charge >= 0.3 is 0 Å². The van der Waals surface area contributed by atoms with E-state index >= 15 is 0 Å². The van der Waals surface area contributed by atoms with Crippen molar-refractivity contribution in [1.82, 2.24) is 15.1 Å². The molecule has 1 fully saturated rings. The van der Waals surface area contributed by atoms with Crippen LogP contribution in [-0.4, -0.2) is 45.9 Å². The fourth-order valence-electron chi connectivity index (χ4n) is 3.15. The first-order valence-electron chi connectivity index (χ1n) is 10.2. The summed E-state index contributed by atoms with van der Waals surface area (Å²) >= 11 is 1.35. The van der Waals surface area contributed by atoms with E-state index in [0.717, 1.165) is 17.8 Å². The van der Waals surface area contributed by atoms with Crippen LogP contribution in [0.4, 0.5) is 10.8 Å². The van der Waals surface area contributed by atoms with Crippen LogP contribution in [0, 0.1) is 5.92 Å². The van der Waals surface area contributed by atoms with E-state index in [-0.39, 0.29) is 36.0 Å². The van der Waals surface area contributed by atoms with E-state index in [2.05, 4.69) is 27.8 Å². The molecule has 0 aliphatic carbocycles. The zero-order valence-electron chi connectivity index (χ0n) is 17.5. The molecule has 1 aliphatic heterocycles. The first kappa shape index (κ1) is 21.9. The SMILES string of the molecule is CCCCN1CC(C(=O)Nc2ccc(C(=O)Nc3nnc(C(C)C)s3)cc2)CC1=O. The Labute approximate surface area is 180 Å². The molecule has 30 heavy (non-hydrogen) atoms. The number of benzene rings is 1. The zero-order valence-corrected chi connectivity index (χ0v) is 18.3. The maximum Gasteiger partial charge on any atom is 0.257 e. The second kappa shape index (κ2) is 9.80. The van der Waals surface area contributed by atoms with Crippen LogP contribution in [0.25, 0.3) is 0 Å². The molecule has 2 heterocycles. The number of nitrogens with zero attached hydrogens (tertiary/aromatic N) is 3. The quantitative estimate of drug-likeness (QED) is 0.668. The molecule has 2 aromatic rings. The molecule has 3 amide bonds. The van der Waals surface area contributed by atoms with Crippen molar-refractivity contribution in [3.05, 3.63) is 34.8 Å². The molecule has 0 bridgehead atoms. The molecule has 8 nitrogen and oxygen atoms in total. The molecular weight excluding hydrogens is 402 g/mol. The monoisotopic (exact) mass is 429 g/mol. The number of nitrogens with one attached hydrogen (secondary N) is 2. The highest BCUT2D eigenvalue weighted by Crippen LogP contribution is 2.23. The molecular formula is C21H27N5O3S. The summed E-state index contributed by atoms with van der Waals surface area (Å²) in [6, 6.07) is 6.64. The van der Waals surface area contributed by atoms with Crippen LogP contribution in [0.2, 0.25) is 0 Å². The number of amides is 3. The van der Waals surface area contributed by atoms with Gasteiger partial charge in [-0.2, -0.15) is 0 Å². The molecule has 9 heteroatoms. The minimum atomic E-state index is -0.343. The molecule has 2 N–H and O–H groups in total. The molecule has 3 rings (SSSR count). The molecule has 160 valence electrons. The van der Waals surface area contributed by atoms with Gasteiger partial charge in [-0.25, -0.2) is 0 Å². The molecule has 1 saturated heterocycles. The Bertz CT molecular complexity index is 910. The van der Waals surface area contributed by atoms with Gasteiger partial charge in [0.25, 0.3) is 5.91 Å². The van der Waals surface area contributed by atoms with Crippen molar-refractivity contribution in [2.75, 3.05) is 23.7 Å². The highest BCUT2D eigenvalue weighted by atomic mass is 32.1. The Hall–Kier alpha value is -2.81. The number of unbranched alkanes of at least 4 members (excludes halogenated alkanes) is 1. The van der Waals surface area contributed by atoms with E-state index in [1.165, 1.54) is 11.3 Å². The summed E-state index contributed by atoms with van der Waals surface area (Å²) in [7, 11) is 0. The Morgan fingerprint density at radius 2 is 1.93 bits per heavy atom. The lowest BCUT2D eigenvalue weighted by Gasteiger charge is -2.16. The van der Waals surface area contributed by atoms with Crippen molar-refractivity contribution in [3.63, 3.8) is 0 Å². The summed E-state index contributed by atoms with van der Waals surface area (Å²) in [5, 5.41) is 14.9. The molecule has 1 atom stereocenters. The summed E-state index contributed by atoms with van der Waals surface area (Å²) in [5.41, 5.74) is 1.05. The molecule has 1 aromatic carbocycles. The van der Waals surface area contributed by atoms with Gasteiger partial charge in [0.2, 0.25) is 16.9 Å². The lowest BCUT2D eigenvalue weighted by molar-refractivity contribution is -0.128. The first-order chi connectivity index (χ1) is 14.4. The normalized spacial score (nSPS) is 16.2. The summed E-state index contributed by atoms with van der Waals surface area (Å²) in [4.78, 5) is 38.7. The summed E-state index contributed by atoms with van der Waals surface area (Å²) < 4.78 is 0. The number of aromatic nitrogens is 2. The van der Waals surface area contributed by atoms with Crippen LogP contribution in [0.3, 0.4) is 0 Å². The maximum atomic E-state index is 12.5. The summed E-state index contributed by atoms with van der Waals surface area (Å²) in [5.74, 6) is -0.510. The summed E-state index contributed by atoms with van der Waals surface area (Å²) in [6.45, 7) is 7.28. The molecule has 1 aliphatic rings. The van der Waals surface area contributed by atoms with Crippen LogP contribution in [0.5, 0.6) is 0 Å². The molecule has 1 unspecified atom stereocenters. The Kier molecular flexibility index (Phi) is 7.15. The van der Waals surface area contributed by atoms with Gasteiger partial charge in [0.1, 0.15) is 5.01 Å². The topological polar surface area (TPSA) is 104 Å². The van der Waals surface area contributed by atoms with Gasteiger partial charge in [0.05, 0.1) is 5.92 Å². The first-order valence-corrected chi connectivity index (χ1v) is 11.0. The van der Waals surface area contributed by atoms with Crippen molar-refractivity contribution in [1.29, 1.82) is 0 Å². The van der Waals surface area contributed by atoms with Gasteiger partial charge in [0.15, 0.2) is 0 Å². The van der Waals surface area contributed by atoms with E-state index in [9.17, 15) is 14.4 Å². The highest BCUT2D eigenvalue weighted by molar-refractivity contribution is 7.15. The number of anilines is 2. The number of carbonyl (C=O) groups is 3. The zero-order chi connectivity index (χ0) is 21.7. The molecule has 0 radical (unpaired) electrons. The average molecular weight is 430 g/mol. The average Bonchev–Trinajstić information content (AvgIpc) is 3.33. The fraction of sp³-hybridized carbons (Fsp3) is 0.476. The minimum Gasteiger partial charge on any atom is -0.342 e. The van der Waals surface area contributed by atoms with Gasteiger partial charge in [0, 0.05) is 36.7 Å². The Balaban J connectivity index is 1.54. The van der Waals surface area contributed by atoms with Crippen molar-refractivity contribution in [2.24, 2.45) is 5.92 Å². The van der Waals surface area contributed by atoms with Crippen molar-refractivity contribution >= 4 is 39.9 Å². The third-order valence-corrected chi connectivity index (χ3v) is 6.08. The summed E-state index contributed by atoms with van der Waals surface area (Å²) in [6.07, 6.45) is 2.20.